The highest BCUT2D eigenvalue weighted by Gasteiger charge is 2.04. The Labute approximate surface area is 199 Å². The van der Waals surface area contributed by atoms with Gasteiger partial charge in [0.1, 0.15) is 0 Å². The summed E-state index contributed by atoms with van der Waals surface area (Å²) >= 11 is 0. The maximum atomic E-state index is 11.7. The summed E-state index contributed by atoms with van der Waals surface area (Å²) in [5.41, 5.74) is 0. The Morgan fingerprint density at radius 2 is 1.16 bits per heavy atom. The van der Waals surface area contributed by atoms with Gasteiger partial charge in [0.25, 0.3) is 10.1 Å². The van der Waals surface area contributed by atoms with E-state index in [-0.39, 0.29) is 11.7 Å². The average molecular weight is 474 g/mol. The summed E-state index contributed by atoms with van der Waals surface area (Å²) in [6, 6.07) is 0. The highest BCUT2D eigenvalue weighted by atomic mass is 32.2. The number of allylic oxidation sites excluding steroid dienone is 2. The lowest BCUT2D eigenvalue weighted by Gasteiger charge is -2.05. The molecule has 0 spiro atoms. The fourth-order valence-corrected chi connectivity index (χ4v) is 4.36. The van der Waals surface area contributed by atoms with Gasteiger partial charge in [-0.3, -0.25) is 9.35 Å². The Hall–Kier alpha value is -0.880. The van der Waals surface area contributed by atoms with E-state index >= 15 is 0 Å². The zero-order valence-electron chi connectivity index (χ0n) is 20.8. The van der Waals surface area contributed by atoms with E-state index in [1.807, 2.05) is 0 Å². The van der Waals surface area contributed by atoms with Gasteiger partial charge < -0.3 is 5.32 Å². The van der Waals surface area contributed by atoms with Gasteiger partial charge >= 0.3 is 0 Å². The van der Waals surface area contributed by atoms with E-state index in [0.29, 0.717) is 25.8 Å². The van der Waals surface area contributed by atoms with E-state index < -0.39 is 10.1 Å². The zero-order chi connectivity index (χ0) is 23.8. The Bertz CT molecular complexity index is 546. The van der Waals surface area contributed by atoms with E-state index in [2.05, 4.69) is 24.4 Å². The Kier molecular flexibility index (Phi) is 22.6. The molecule has 1 amide bonds. The maximum absolute atomic E-state index is 11.7. The molecule has 0 fully saturated rings. The molecular weight excluding hydrogens is 422 g/mol. The molecule has 0 saturated heterocycles. The van der Waals surface area contributed by atoms with Crippen molar-refractivity contribution in [3.8, 4) is 0 Å². The third kappa shape index (κ3) is 27.2. The molecule has 0 aromatic rings. The molecule has 6 heteroatoms. The van der Waals surface area contributed by atoms with Crippen LogP contribution in [-0.2, 0) is 14.9 Å². The quantitative estimate of drug-likeness (QED) is 0.0870. The first-order valence-corrected chi connectivity index (χ1v) is 14.9. The van der Waals surface area contributed by atoms with E-state index in [1.54, 1.807) is 0 Å². The molecule has 0 aliphatic carbocycles. The highest BCUT2D eigenvalue weighted by Crippen LogP contribution is 2.12. The van der Waals surface area contributed by atoms with Crippen LogP contribution in [0.2, 0.25) is 0 Å². The number of rotatable bonds is 24. The normalized spacial score (nSPS) is 11.9. The van der Waals surface area contributed by atoms with Gasteiger partial charge in [0.15, 0.2) is 0 Å². The van der Waals surface area contributed by atoms with Crippen LogP contribution < -0.4 is 5.32 Å². The number of hydrogen-bond donors (Lipinski definition) is 2. The summed E-state index contributed by atoms with van der Waals surface area (Å²) in [5.74, 6) is -0.200. The fraction of sp³-hybridized carbons (Fsp3) is 0.885. The number of nitrogens with one attached hydrogen (secondary N) is 1. The molecular formula is C26H51NO4S. The van der Waals surface area contributed by atoms with Gasteiger partial charge in [-0.25, -0.2) is 0 Å². The predicted octanol–water partition coefficient (Wildman–Crippen LogP) is 7.37. The number of carbonyl (C=O) groups is 1. The number of amides is 1. The lowest BCUT2D eigenvalue weighted by atomic mass is 10.1. The molecule has 0 saturated carbocycles. The second-order valence-electron chi connectivity index (χ2n) is 9.09. The summed E-state index contributed by atoms with van der Waals surface area (Å²) < 4.78 is 29.8. The largest absolute Gasteiger partial charge is 0.356 e. The summed E-state index contributed by atoms with van der Waals surface area (Å²) in [6.07, 6.45) is 28.1. The van der Waals surface area contributed by atoms with E-state index in [0.717, 1.165) is 12.8 Å². The van der Waals surface area contributed by atoms with Crippen molar-refractivity contribution in [2.75, 3.05) is 12.3 Å². The van der Waals surface area contributed by atoms with Crippen LogP contribution in [0.4, 0.5) is 0 Å². The monoisotopic (exact) mass is 473 g/mol. The Balaban J connectivity index is 3.24. The molecule has 0 bridgehead atoms. The summed E-state index contributed by atoms with van der Waals surface area (Å²) in [5, 5.41) is 2.81. The molecule has 0 heterocycles. The van der Waals surface area contributed by atoms with E-state index in [4.69, 9.17) is 4.55 Å². The molecule has 0 atom stereocenters. The molecule has 0 unspecified atom stereocenters. The van der Waals surface area contributed by atoms with Crippen molar-refractivity contribution in [2.24, 2.45) is 0 Å². The summed E-state index contributed by atoms with van der Waals surface area (Å²) in [7, 11) is -3.88. The van der Waals surface area contributed by atoms with Gasteiger partial charge in [-0.05, 0) is 44.9 Å². The van der Waals surface area contributed by atoms with E-state index in [9.17, 15) is 13.2 Å². The predicted molar refractivity (Wildman–Crippen MR) is 137 cm³/mol. The lowest BCUT2D eigenvalue weighted by molar-refractivity contribution is -0.121. The second kappa shape index (κ2) is 23.3. The third-order valence-electron chi connectivity index (χ3n) is 5.82. The van der Waals surface area contributed by atoms with Crippen LogP contribution in [0.25, 0.3) is 0 Å². The Morgan fingerprint density at radius 1 is 0.688 bits per heavy atom. The van der Waals surface area contributed by atoms with E-state index in [1.165, 1.54) is 96.3 Å². The molecule has 2 N–H and O–H groups in total. The van der Waals surface area contributed by atoms with Crippen molar-refractivity contribution < 1.29 is 17.8 Å². The fourth-order valence-electron chi connectivity index (χ4n) is 3.79. The molecule has 0 aliphatic rings. The third-order valence-corrected chi connectivity index (χ3v) is 6.62. The lowest BCUT2D eigenvalue weighted by Crippen LogP contribution is -2.24. The van der Waals surface area contributed by atoms with Gasteiger partial charge in [-0.2, -0.15) is 8.42 Å². The molecule has 0 radical (unpaired) electrons. The first kappa shape index (κ1) is 31.1. The SMILES string of the molecule is CCCCCCCCCC/C=C/CCCCCCCCCC(=O)NCCCCS(=O)(=O)O. The Morgan fingerprint density at radius 3 is 1.66 bits per heavy atom. The molecule has 0 aromatic carbocycles. The average Bonchev–Trinajstić information content (AvgIpc) is 2.74. The molecule has 0 aromatic heterocycles. The van der Waals surface area contributed by atoms with Crippen LogP contribution in [0.3, 0.4) is 0 Å². The van der Waals surface area contributed by atoms with Crippen molar-refractivity contribution >= 4 is 16.0 Å². The van der Waals surface area contributed by atoms with Gasteiger partial charge in [-0.1, -0.05) is 96.1 Å². The van der Waals surface area contributed by atoms with Crippen LogP contribution in [0.1, 0.15) is 135 Å². The van der Waals surface area contributed by atoms with Gasteiger partial charge in [0, 0.05) is 13.0 Å². The minimum atomic E-state index is -3.88. The summed E-state index contributed by atoms with van der Waals surface area (Å²) in [4.78, 5) is 11.7. The molecule has 32 heavy (non-hydrogen) atoms. The van der Waals surface area contributed by atoms with Crippen molar-refractivity contribution in [1.29, 1.82) is 0 Å². The highest BCUT2D eigenvalue weighted by molar-refractivity contribution is 7.85. The standard InChI is InChI=1S/C26H51NO4S/c1-2-3-4-5-6-7-8-9-10-11-12-13-14-15-16-17-18-19-20-23-26(28)27-24-21-22-25-32(29,30)31/h11-12H,2-10,13-25H2,1H3,(H,27,28)(H,29,30,31)/b12-11+. The van der Waals surface area contributed by atoms with Crippen molar-refractivity contribution in [1.82, 2.24) is 5.32 Å². The van der Waals surface area contributed by atoms with Crippen LogP contribution >= 0.6 is 0 Å². The van der Waals surface area contributed by atoms with Gasteiger partial charge in [0.05, 0.1) is 5.75 Å². The van der Waals surface area contributed by atoms with Crippen LogP contribution in [0.15, 0.2) is 12.2 Å². The summed E-state index contributed by atoms with van der Waals surface area (Å²) in [6.45, 7) is 2.74. The first-order chi connectivity index (χ1) is 15.5. The topological polar surface area (TPSA) is 83.5 Å². The van der Waals surface area contributed by atoms with Gasteiger partial charge in [0.2, 0.25) is 5.91 Å². The van der Waals surface area contributed by atoms with Gasteiger partial charge in [-0.15, -0.1) is 0 Å². The van der Waals surface area contributed by atoms with Crippen LogP contribution in [0.5, 0.6) is 0 Å². The molecule has 0 aliphatic heterocycles. The van der Waals surface area contributed by atoms with Crippen molar-refractivity contribution in [3.63, 3.8) is 0 Å². The minimum absolute atomic E-state index is 0.0376. The smallest absolute Gasteiger partial charge is 0.264 e. The first-order valence-electron chi connectivity index (χ1n) is 13.3. The number of hydrogen-bond acceptors (Lipinski definition) is 3. The second-order valence-corrected chi connectivity index (χ2v) is 10.7. The van der Waals surface area contributed by atoms with Crippen molar-refractivity contribution in [3.05, 3.63) is 12.2 Å². The zero-order valence-corrected chi connectivity index (χ0v) is 21.6. The number of unbranched alkanes of at least 4 members (excludes halogenated alkanes) is 16. The molecule has 0 rings (SSSR count). The van der Waals surface area contributed by atoms with Crippen molar-refractivity contribution in [2.45, 2.75) is 135 Å². The van der Waals surface area contributed by atoms with Crippen LogP contribution in [-0.4, -0.2) is 31.2 Å². The maximum Gasteiger partial charge on any atom is 0.264 e. The number of carbonyl (C=O) groups excluding carboxylic acids is 1. The minimum Gasteiger partial charge on any atom is -0.356 e. The van der Waals surface area contributed by atoms with Crippen LogP contribution in [0, 0.1) is 0 Å². The molecule has 190 valence electrons. The molecule has 5 nitrogen and oxygen atoms in total.